The van der Waals surface area contributed by atoms with Crippen LogP contribution in [0.25, 0.3) is 10.6 Å². The summed E-state index contributed by atoms with van der Waals surface area (Å²) in [6, 6.07) is 16.3. The summed E-state index contributed by atoms with van der Waals surface area (Å²) in [5.74, 6) is -0.692. The maximum atomic E-state index is 12.5. The van der Waals surface area contributed by atoms with Crippen molar-refractivity contribution in [3.8, 4) is 10.6 Å². The fourth-order valence-corrected chi connectivity index (χ4v) is 3.22. The lowest BCUT2D eigenvalue weighted by atomic mass is 10.2. The van der Waals surface area contributed by atoms with Gasteiger partial charge in [0.1, 0.15) is 10.7 Å². The number of nitrogens with zero attached hydrogens (tertiary/aromatic N) is 1. The van der Waals surface area contributed by atoms with Gasteiger partial charge in [-0.25, -0.2) is 9.78 Å². The average Bonchev–Trinajstić information content (AvgIpc) is 3.04. The Balaban J connectivity index is 1.78. The van der Waals surface area contributed by atoms with Crippen LogP contribution < -0.4 is 5.32 Å². The molecule has 1 heterocycles. The number of nitrogens with one attached hydrogen (secondary N) is 1. The number of hydrogen-bond acceptors (Lipinski definition) is 5. The van der Waals surface area contributed by atoms with Crippen molar-refractivity contribution >= 4 is 28.9 Å². The molecule has 0 aliphatic heterocycles. The fourth-order valence-electron chi connectivity index (χ4n) is 2.31. The van der Waals surface area contributed by atoms with Crippen LogP contribution in [-0.2, 0) is 4.74 Å². The van der Waals surface area contributed by atoms with Crippen molar-refractivity contribution in [2.24, 2.45) is 0 Å². The van der Waals surface area contributed by atoms with E-state index in [2.05, 4.69) is 15.0 Å². The van der Waals surface area contributed by atoms with Crippen LogP contribution in [0.1, 0.15) is 25.7 Å². The van der Waals surface area contributed by atoms with Crippen molar-refractivity contribution in [1.29, 1.82) is 0 Å². The number of anilines is 1. The van der Waals surface area contributed by atoms with E-state index in [1.165, 1.54) is 18.4 Å². The largest absolute Gasteiger partial charge is 0.465 e. The monoisotopic (exact) mass is 352 g/mol. The van der Waals surface area contributed by atoms with Gasteiger partial charge in [0.25, 0.3) is 5.91 Å². The number of ether oxygens (including phenoxy) is 1. The second-order valence-corrected chi connectivity index (χ2v) is 6.52. The van der Waals surface area contributed by atoms with Crippen molar-refractivity contribution in [2.45, 2.75) is 6.92 Å². The zero-order chi connectivity index (χ0) is 17.8. The van der Waals surface area contributed by atoms with Gasteiger partial charge in [0.2, 0.25) is 0 Å². The summed E-state index contributed by atoms with van der Waals surface area (Å²) in [5, 5.41) is 3.61. The van der Waals surface area contributed by atoms with Crippen molar-refractivity contribution in [2.75, 3.05) is 12.4 Å². The first kappa shape index (κ1) is 16.9. The van der Waals surface area contributed by atoms with E-state index in [0.717, 1.165) is 15.4 Å². The van der Waals surface area contributed by atoms with E-state index in [-0.39, 0.29) is 5.91 Å². The molecule has 6 heteroatoms. The van der Waals surface area contributed by atoms with Crippen LogP contribution in [0.3, 0.4) is 0 Å². The minimum absolute atomic E-state index is 0.276. The van der Waals surface area contributed by atoms with E-state index in [1.54, 1.807) is 24.3 Å². The summed E-state index contributed by atoms with van der Waals surface area (Å²) >= 11 is 1.48. The third-order valence-corrected chi connectivity index (χ3v) is 4.62. The van der Waals surface area contributed by atoms with Gasteiger partial charge in [-0.1, -0.05) is 30.3 Å². The van der Waals surface area contributed by atoms with Crippen LogP contribution in [0.15, 0.2) is 54.6 Å². The summed E-state index contributed by atoms with van der Waals surface area (Å²) < 4.78 is 4.65. The molecule has 5 nitrogen and oxygen atoms in total. The van der Waals surface area contributed by atoms with Gasteiger partial charge in [-0.15, -0.1) is 11.3 Å². The van der Waals surface area contributed by atoms with Gasteiger partial charge < -0.3 is 10.1 Å². The molecule has 0 fully saturated rings. The lowest BCUT2D eigenvalue weighted by molar-refractivity contribution is 0.0600. The maximum Gasteiger partial charge on any atom is 0.337 e. The molecule has 126 valence electrons. The first-order valence-electron chi connectivity index (χ1n) is 7.61. The first-order valence-corrected chi connectivity index (χ1v) is 8.42. The van der Waals surface area contributed by atoms with Crippen molar-refractivity contribution < 1.29 is 14.3 Å². The first-order chi connectivity index (χ1) is 12.1. The molecule has 0 bridgehead atoms. The smallest absolute Gasteiger partial charge is 0.337 e. The number of benzene rings is 2. The molecule has 0 saturated heterocycles. The molecule has 0 radical (unpaired) electrons. The molecule has 2 aromatic carbocycles. The Hall–Kier alpha value is -2.99. The Morgan fingerprint density at radius 1 is 1.04 bits per heavy atom. The number of rotatable bonds is 4. The number of thiazole rings is 1. The predicted octanol–water partition coefficient (Wildman–Crippen LogP) is 4.16. The molecule has 0 atom stereocenters. The van der Waals surface area contributed by atoms with Crippen molar-refractivity contribution in [1.82, 2.24) is 4.98 Å². The maximum absolute atomic E-state index is 12.5. The topological polar surface area (TPSA) is 68.3 Å². The normalized spacial score (nSPS) is 10.3. The van der Waals surface area contributed by atoms with Crippen molar-refractivity contribution in [3.05, 3.63) is 70.7 Å². The van der Waals surface area contributed by atoms with Crippen molar-refractivity contribution in [3.63, 3.8) is 0 Å². The Morgan fingerprint density at radius 2 is 1.72 bits per heavy atom. The van der Waals surface area contributed by atoms with Gasteiger partial charge >= 0.3 is 5.97 Å². The number of aryl methyl sites for hydroxylation is 1. The fraction of sp³-hybridized carbons (Fsp3) is 0.105. The van der Waals surface area contributed by atoms with E-state index < -0.39 is 5.97 Å². The van der Waals surface area contributed by atoms with E-state index in [0.29, 0.717) is 16.9 Å². The number of esters is 1. The summed E-state index contributed by atoms with van der Waals surface area (Å²) in [4.78, 5) is 29.2. The highest BCUT2D eigenvalue weighted by Crippen LogP contribution is 2.27. The molecule has 25 heavy (non-hydrogen) atoms. The number of aromatic nitrogens is 1. The van der Waals surface area contributed by atoms with Gasteiger partial charge in [0.15, 0.2) is 0 Å². The molecule has 1 aromatic heterocycles. The average molecular weight is 352 g/mol. The lowest BCUT2D eigenvalue weighted by Gasteiger charge is -2.05. The molecule has 1 N–H and O–H groups in total. The quantitative estimate of drug-likeness (QED) is 0.716. The Kier molecular flexibility index (Phi) is 4.90. The van der Waals surface area contributed by atoms with Crippen LogP contribution in [0, 0.1) is 6.92 Å². The van der Waals surface area contributed by atoms with Gasteiger partial charge in [-0.2, -0.15) is 0 Å². The second kappa shape index (κ2) is 7.27. The molecule has 3 aromatic rings. The standard InChI is InChI=1S/C19H16N2O3S/c1-12-16(21-18(25-12)13-6-4-3-5-7-13)17(22)20-15-10-8-14(9-11-15)19(23)24-2/h3-11H,1-2H3,(H,20,22). The SMILES string of the molecule is COC(=O)c1ccc(NC(=O)c2nc(-c3ccccc3)sc2C)cc1. The molecule has 0 saturated carbocycles. The molecule has 0 unspecified atom stereocenters. The van der Waals surface area contributed by atoms with E-state index >= 15 is 0 Å². The number of amides is 1. The van der Waals surface area contributed by atoms with E-state index in [1.807, 2.05) is 37.3 Å². The van der Waals surface area contributed by atoms with Crippen LogP contribution in [0.4, 0.5) is 5.69 Å². The van der Waals surface area contributed by atoms with Gasteiger partial charge in [-0.3, -0.25) is 4.79 Å². The van der Waals surface area contributed by atoms with Gasteiger partial charge in [-0.05, 0) is 31.2 Å². The molecule has 0 spiro atoms. The summed E-state index contributed by atoms with van der Waals surface area (Å²) in [7, 11) is 1.33. The third kappa shape index (κ3) is 3.75. The van der Waals surface area contributed by atoms with E-state index in [9.17, 15) is 9.59 Å². The third-order valence-electron chi connectivity index (χ3n) is 3.60. The Labute approximate surface area is 149 Å². The molecule has 1 amide bonds. The van der Waals surface area contributed by atoms with Gasteiger partial charge in [0, 0.05) is 16.1 Å². The zero-order valence-corrected chi connectivity index (χ0v) is 14.6. The predicted molar refractivity (Wildman–Crippen MR) is 98.0 cm³/mol. The van der Waals surface area contributed by atoms with Crippen LogP contribution >= 0.6 is 11.3 Å². The molecular weight excluding hydrogens is 336 g/mol. The minimum atomic E-state index is -0.416. The zero-order valence-electron chi connectivity index (χ0n) is 13.8. The number of methoxy groups -OCH3 is 1. The molecule has 0 aliphatic carbocycles. The van der Waals surface area contributed by atoms with E-state index in [4.69, 9.17) is 0 Å². The summed E-state index contributed by atoms with van der Waals surface area (Å²) in [6.07, 6.45) is 0. The lowest BCUT2D eigenvalue weighted by Crippen LogP contribution is -2.13. The second-order valence-electron chi connectivity index (χ2n) is 5.31. The molecular formula is C19H16N2O3S. The van der Waals surface area contributed by atoms with Gasteiger partial charge in [0.05, 0.1) is 12.7 Å². The number of carbonyl (C=O) groups is 2. The van der Waals surface area contributed by atoms with Crippen LogP contribution in [0.5, 0.6) is 0 Å². The summed E-state index contributed by atoms with van der Waals surface area (Å²) in [5.41, 5.74) is 2.40. The number of carbonyl (C=O) groups excluding carboxylic acids is 2. The minimum Gasteiger partial charge on any atom is -0.465 e. The molecule has 3 rings (SSSR count). The Bertz CT molecular complexity index is 902. The van der Waals surface area contributed by atoms with Crippen LogP contribution in [0.2, 0.25) is 0 Å². The highest BCUT2D eigenvalue weighted by molar-refractivity contribution is 7.15. The highest BCUT2D eigenvalue weighted by Gasteiger charge is 2.16. The Morgan fingerprint density at radius 3 is 2.36 bits per heavy atom. The van der Waals surface area contributed by atoms with Crippen LogP contribution in [-0.4, -0.2) is 24.0 Å². The number of hydrogen-bond donors (Lipinski definition) is 1. The molecule has 0 aliphatic rings. The summed E-state index contributed by atoms with van der Waals surface area (Å²) in [6.45, 7) is 1.87. The highest BCUT2D eigenvalue weighted by atomic mass is 32.1.